The van der Waals surface area contributed by atoms with Gasteiger partial charge in [0.15, 0.2) is 0 Å². The van der Waals surface area contributed by atoms with Crippen molar-refractivity contribution in [3.05, 3.63) is 39.8 Å². The minimum atomic E-state index is 0.752. The van der Waals surface area contributed by atoms with E-state index in [1.54, 1.807) is 0 Å². The van der Waals surface area contributed by atoms with Crippen LogP contribution in [0.25, 0.3) is 0 Å². The van der Waals surface area contributed by atoms with Gasteiger partial charge in [0.2, 0.25) is 0 Å². The lowest BCUT2D eigenvalue weighted by molar-refractivity contribution is 0.307. The first-order valence-corrected chi connectivity index (χ1v) is 7.50. The number of anilines is 1. The van der Waals surface area contributed by atoms with Crippen LogP contribution in [-0.4, -0.2) is 18.1 Å². The Balaban J connectivity index is 1.84. The molecule has 3 nitrogen and oxygen atoms in total. The van der Waals surface area contributed by atoms with Gasteiger partial charge in [0.25, 0.3) is 0 Å². The maximum Gasteiger partial charge on any atom is 0.142 e. The number of aromatic nitrogens is 1. The standard InChI is InChI=1S/C15H18N2OS/c1-3-12-9-16-15(19-12)10-17-6-7-18-14-5-4-11(2)8-13(14)17/h4-5,8-9H,3,6-7,10H2,1-2H3. The van der Waals surface area contributed by atoms with E-state index in [1.165, 1.54) is 21.1 Å². The van der Waals surface area contributed by atoms with Crippen molar-refractivity contribution in [2.24, 2.45) is 0 Å². The largest absolute Gasteiger partial charge is 0.490 e. The van der Waals surface area contributed by atoms with E-state index in [2.05, 4.69) is 41.9 Å². The predicted octanol–water partition coefficient (Wildman–Crippen LogP) is 3.41. The zero-order valence-electron chi connectivity index (χ0n) is 11.3. The average Bonchev–Trinajstić information content (AvgIpc) is 2.87. The van der Waals surface area contributed by atoms with Crippen LogP contribution in [0.3, 0.4) is 0 Å². The molecule has 0 bridgehead atoms. The number of ether oxygens (including phenoxy) is 1. The Labute approximate surface area is 117 Å². The minimum absolute atomic E-state index is 0.752. The number of benzene rings is 1. The van der Waals surface area contributed by atoms with Crippen molar-refractivity contribution in [1.29, 1.82) is 0 Å². The van der Waals surface area contributed by atoms with E-state index in [-0.39, 0.29) is 0 Å². The predicted molar refractivity (Wildman–Crippen MR) is 79.2 cm³/mol. The molecule has 2 aromatic rings. The van der Waals surface area contributed by atoms with E-state index in [4.69, 9.17) is 4.74 Å². The molecule has 0 radical (unpaired) electrons. The fourth-order valence-corrected chi connectivity index (χ4v) is 3.17. The minimum Gasteiger partial charge on any atom is -0.490 e. The fourth-order valence-electron chi connectivity index (χ4n) is 2.29. The molecule has 1 aliphatic heterocycles. The maximum absolute atomic E-state index is 5.71. The molecule has 2 heterocycles. The first-order valence-electron chi connectivity index (χ1n) is 6.68. The lowest BCUT2D eigenvalue weighted by Gasteiger charge is -2.30. The number of hydrogen-bond acceptors (Lipinski definition) is 4. The van der Waals surface area contributed by atoms with Crippen molar-refractivity contribution in [3.8, 4) is 5.75 Å². The lowest BCUT2D eigenvalue weighted by Crippen LogP contribution is -2.32. The number of hydrogen-bond donors (Lipinski definition) is 0. The van der Waals surface area contributed by atoms with E-state index in [1.807, 2.05) is 17.5 Å². The van der Waals surface area contributed by atoms with Gasteiger partial charge in [0.05, 0.1) is 18.8 Å². The fraction of sp³-hybridized carbons (Fsp3) is 0.400. The van der Waals surface area contributed by atoms with Crippen LogP contribution in [0.4, 0.5) is 5.69 Å². The molecule has 1 aromatic heterocycles. The molecule has 0 atom stereocenters. The van der Waals surface area contributed by atoms with Crippen molar-refractivity contribution >= 4 is 17.0 Å². The number of aryl methyl sites for hydroxylation is 2. The molecule has 0 saturated carbocycles. The quantitative estimate of drug-likeness (QED) is 0.857. The van der Waals surface area contributed by atoms with Crippen molar-refractivity contribution in [2.75, 3.05) is 18.1 Å². The highest BCUT2D eigenvalue weighted by Gasteiger charge is 2.19. The Morgan fingerprint density at radius 2 is 2.32 bits per heavy atom. The Morgan fingerprint density at radius 1 is 1.42 bits per heavy atom. The summed E-state index contributed by atoms with van der Waals surface area (Å²) >= 11 is 1.81. The molecular weight excluding hydrogens is 256 g/mol. The van der Waals surface area contributed by atoms with Gasteiger partial charge in [0, 0.05) is 11.1 Å². The molecule has 1 aliphatic rings. The molecule has 1 aromatic carbocycles. The van der Waals surface area contributed by atoms with Crippen LogP contribution in [0.1, 0.15) is 22.4 Å². The normalized spacial score (nSPS) is 14.1. The van der Waals surface area contributed by atoms with Crippen LogP contribution >= 0.6 is 11.3 Å². The van der Waals surface area contributed by atoms with E-state index in [9.17, 15) is 0 Å². The summed E-state index contributed by atoms with van der Waals surface area (Å²) in [4.78, 5) is 8.23. The van der Waals surface area contributed by atoms with Crippen molar-refractivity contribution in [2.45, 2.75) is 26.8 Å². The Morgan fingerprint density at radius 3 is 3.11 bits per heavy atom. The Hall–Kier alpha value is -1.55. The van der Waals surface area contributed by atoms with Crippen LogP contribution in [0, 0.1) is 6.92 Å². The monoisotopic (exact) mass is 274 g/mol. The second-order valence-corrected chi connectivity index (χ2v) is 6.01. The molecule has 0 N–H and O–H groups in total. The van der Waals surface area contributed by atoms with E-state index < -0.39 is 0 Å². The molecule has 100 valence electrons. The summed E-state index contributed by atoms with van der Waals surface area (Å²) in [5, 5.41) is 1.19. The number of fused-ring (bicyclic) bond motifs is 1. The van der Waals surface area contributed by atoms with E-state index in [0.29, 0.717) is 0 Å². The molecule has 3 rings (SSSR count). The van der Waals surface area contributed by atoms with E-state index in [0.717, 1.165) is 31.9 Å². The van der Waals surface area contributed by atoms with Gasteiger partial charge in [-0.15, -0.1) is 11.3 Å². The average molecular weight is 274 g/mol. The summed E-state index contributed by atoms with van der Waals surface area (Å²) in [6.07, 6.45) is 3.06. The molecule has 4 heteroatoms. The van der Waals surface area contributed by atoms with Crippen LogP contribution in [-0.2, 0) is 13.0 Å². The van der Waals surface area contributed by atoms with Gasteiger partial charge in [-0.3, -0.25) is 0 Å². The molecule has 0 fully saturated rings. The highest BCUT2D eigenvalue weighted by molar-refractivity contribution is 7.11. The summed E-state index contributed by atoms with van der Waals surface area (Å²) < 4.78 is 5.71. The first kappa shape index (κ1) is 12.5. The van der Waals surface area contributed by atoms with Crippen LogP contribution in [0.15, 0.2) is 24.4 Å². The zero-order chi connectivity index (χ0) is 13.2. The maximum atomic E-state index is 5.71. The molecule has 0 spiro atoms. The first-order chi connectivity index (χ1) is 9.26. The summed E-state index contributed by atoms with van der Waals surface area (Å²) in [5.74, 6) is 0.990. The third-order valence-corrected chi connectivity index (χ3v) is 4.48. The van der Waals surface area contributed by atoms with Crippen LogP contribution < -0.4 is 9.64 Å². The molecular formula is C15H18N2OS. The van der Waals surface area contributed by atoms with Gasteiger partial charge in [-0.2, -0.15) is 0 Å². The van der Waals surface area contributed by atoms with Gasteiger partial charge < -0.3 is 9.64 Å². The topological polar surface area (TPSA) is 25.4 Å². The summed E-state index contributed by atoms with van der Waals surface area (Å²) in [5.41, 5.74) is 2.46. The van der Waals surface area contributed by atoms with Crippen molar-refractivity contribution in [3.63, 3.8) is 0 Å². The third-order valence-electron chi connectivity index (χ3n) is 3.35. The molecule has 0 aliphatic carbocycles. The van der Waals surface area contributed by atoms with Gasteiger partial charge in [-0.25, -0.2) is 4.98 Å². The molecule has 0 amide bonds. The highest BCUT2D eigenvalue weighted by atomic mass is 32.1. The van der Waals surface area contributed by atoms with Gasteiger partial charge in [0.1, 0.15) is 17.4 Å². The molecule has 0 unspecified atom stereocenters. The molecule has 19 heavy (non-hydrogen) atoms. The van der Waals surface area contributed by atoms with Crippen LogP contribution in [0.5, 0.6) is 5.75 Å². The second-order valence-electron chi connectivity index (χ2n) is 4.82. The summed E-state index contributed by atoms with van der Waals surface area (Å²) in [6.45, 7) is 6.85. The summed E-state index contributed by atoms with van der Waals surface area (Å²) in [6, 6.07) is 6.36. The highest BCUT2D eigenvalue weighted by Crippen LogP contribution is 2.33. The second kappa shape index (κ2) is 5.21. The number of rotatable bonds is 3. The summed E-state index contributed by atoms with van der Waals surface area (Å²) in [7, 11) is 0. The van der Waals surface area contributed by atoms with Gasteiger partial charge in [-0.05, 0) is 31.0 Å². The number of nitrogens with zero attached hydrogens (tertiary/aromatic N) is 2. The van der Waals surface area contributed by atoms with Gasteiger partial charge in [-0.1, -0.05) is 13.0 Å². The van der Waals surface area contributed by atoms with Crippen molar-refractivity contribution in [1.82, 2.24) is 4.98 Å². The molecule has 0 saturated heterocycles. The third kappa shape index (κ3) is 2.59. The van der Waals surface area contributed by atoms with E-state index >= 15 is 0 Å². The van der Waals surface area contributed by atoms with Crippen molar-refractivity contribution < 1.29 is 4.74 Å². The zero-order valence-corrected chi connectivity index (χ0v) is 12.2. The van der Waals surface area contributed by atoms with Gasteiger partial charge >= 0.3 is 0 Å². The van der Waals surface area contributed by atoms with Crippen LogP contribution in [0.2, 0.25) is 0 Å². The smallest absolute Gasteiger partial charge is 0.142 e. The Kier molecular flexibility index (Phi) is 3.42. The SMILES string of the molecule is CCc1cnc(CN2CCOc3ccc(C)cc32)s1. The lowest BCUT2D eigenvalue weighted by atomic mass is 10.1. The number of thiazole rings is 1. The Bertz CT molecular complexity index is 579.